The van der Waals surface area contributed by atoms with Gasteiger partial charge in [0.25, 0.3) is 5.91 Å². The Hall–Kier alpha value is -2.82. The molecule has 2 aromatic rings. The number of ether oxygens (including phenoxy) is 1. The van der Waals surface area contributed by atoms with Crippen molar-refractivity contribution in [2.24, 2.45) is 0 Å². The van der Waals surface area contributed by atoms with Crippen LogP contribution in [0.5, 0.6) is 5.75 Å². The highest BCUT2D eigenvalue weighted by Gasteiger charge is 2.31. The third-order valence-electron chi connectivity index (χ3n) is 4.09. The molecule has 1 aliphatic heterocycles. The number of esters is 1. The molecule has 0 bridgehead atoms. The topological polar surface area (TPSA) is 66.8 Å². The van der Waals surface area contributed by atoms with E-state index in [1.165, 1.54) is 12.1 Å². The molecule has 1 amide bonds. The molecule has 5 heteroatoms. The van der Waals surface area contributed by atoms with Gasteiger partial charge >= 0.3 is 5.97 Å². The van der Waals surface area contributed by atoms with Gasteiger partial charge in [0.1, 0.15) is 11.3 Å². The van der Waals surface area contributed by atoms with Crippen LogP contribution in [0, 0.1) is 0 Å². The van der Waals surface area contributed by atoms with E-state index in [1.807, 2.05) is 6.07 Å². The highest BCUT2D eigenvalue weighted by Crippen LogP contribution is 2.26. The zero-order valence-electron chi connectivity index (χ0n) is 13.2. The van der Waals surface area contributed by atoms with Crippen molar-refractivity contribution >= 4 is 11.9 Å². The zero-order chi connectivity index (χ0) is 16.9. The molecule has 1 atom stereocenters. The Morgan fingerprint density at radius 3 is 2.25 bits per heavy atom. The van der Waals surface area contributed by atoms with Crippen molar-refractivity contribution in [3.63, 3.8) is 0 Å². The van der Waals surface area contributed by atoms with Crippen LogP contribution in [0.1, 0.15) is 34.9 Å². The number of carbonyl (C=O) groups is 2. The Bertz CT molecular complexity index is 723. The number of phenols is 1. The molecular weight excluding hydrogens is 306 g/mol. The number of amides is 1. The summed E-state index contributed by atoms with van der Waals surface area (Å²) in [5.74, 6) is -1.10. The molecule has 1 aliphatic rings. The Morgan fingerprint density at radius 2 is 1.58 bits per heavy atom. The molecule has 1 N–H and O–H groups in total. The van der Waals surface area contributed by atoms with E-state index in [2.05, 4.69) is 0 Å². The average Bonchev–Trinajstić information content (AvgIpc) is 3.15. The standard InChI is InChI=1S/C19H19NO4/c21-16-11-5-4-10-15(16)19(23)24-17(14-8-2-1-3-9-14)18(22)20-12-6-7-13-20/h1-5,8-11,17,21H,6-7,12-13H2/t17-/m0/s1. The molecule has 0 radical (unpaired) electrons. The second kappa shape index (κ2) is 7.17. The normalized spacial score (nSPS) is 15.1. The predicted molar refractivity (Wildman–Crippen MR) is 88.5 cm³/mol. The van der Waals surface area contributed by atoms with E-state index in [-0.39, 0.29) is 17.2 Å². The second-order valence-corrected chi connectivity index (χ2v) is 5.75. The van der Waals surface area contributed by atoms with Gasteiger partial charge in [-0.2, -0.15) is 0 Å². The van der Waals surface area contributed by atoms with Gasteiger partial charge in [0.05, 0.1) is 0 Å². The van der Waals surface area contributed by atoms with Crippen molar-refractivity contribution in [1.82, 2.24) is 4.90 Å². The maximum absolute atomic E-state index is 12.8. The fraction of sp³-hybridized carbons (Fsp3) is 0.263. The van der Waals surface area contributed by atoms with E-state index in [9.17, 15) is 14.7 Å². The van der Waals surface area contributed by atoms with Crippen LogP contribution < -0.4 is 0 Å². The first-order valence-electron chi connectivity index (χ1n) is 7.99. The van der Waals surface area contributed by atoms with Crippen molar-refractivity contribution in [3.05, 3.63) is 65.7 Å². The molecule has 0 aromatic heterocycles. The SMILES string of the molecule is O=C(O[C@H](C(=O)N1CCCC1)c1ccccc1)c1ccccc1O. The van der Waals surface area contributed by atoms with Crippen LogP contribution >= 0.6 is 0 Å². The van der Waals surface area contributed by atoms with Crippen LogP contribution in [0.25, 0.3) is 0 Å². The Labute approximate surface area is 140 Å². The maximum Gasteiger partial charge on any atom is 0.343 e. The monoisotopic (exact) mass is 325 g/mol. The summed E-state index contributed by atoms with van der Waals surface area (Å²) in [6.45, 7) is 1.35. The lowest BCUT2D eigenvalue weighted by Gasteiger charge is -2.23. The van der Waals surface area contributed by atoms with Crippen LogP contribution in [-0.2, 0) is 9.53 Å². The van der Waals surface area contributed by atoms with E-state index in [4.69, 9.17) is 4.74 Å². The highest BCUT2D eigenvalue weighted by atomic mass is 16.5. The highest BCUT2D eigenvalue weighted by molar-refractivity contribution is 5.94. The lowest BCUT2D eigenvalue weighted by Crippen LogP contribution is -2.34. The van der Waals surface area contributed by atoms with Gasteiger partial charge in [-0.05, 0) is 25.0 Å². The van der Waals surface area contributed by atoms with Gasteiger partial charge in [0, 0.05) is 18.7 Å². The van der Waals surface area contributed by atoms with E-state index in [0.29, 0.717) is 18.7 Å². The molecule has 3 rings (SSSR count). The van der Waals surface area contributed by atoms with Crippen LogP contribution in [0.2, 0.25) is 0 Å². The molecule has 0 aliphatic carbocycles. The van der Waals surface area contributed by atoms with Gasteiger partial charge in [-0.25, -0.2) is 4.79 Å². The first kappa shape index (κ1) is 16.1. The van der Waals surface area contributed by atoms with Gasteiger partial charge in [0.15, 0.2) is 0 Å². The third-order valence-corrected chi connectivity index (χ3v) is 4.09. The number of aromatic hydroxyl groups is 1. The van der Waals surface area contributed by atoms with Gasteiger partial charge < -0.3 is 14.7 Å². The summed E-state index contributed by atoms with van der Waals surface area (Å²) in [5.41, 5.74) is 0.672. The third kappa shape index (κ3) is 3.40. The molecule has 1 heterocycles. The molecule has 0 saturated carbocycles. The minimum absolute atomic E-state index is 0.0488. The molecule has 2 aromatic carbocycles. The van der Waals surface area contributed by atoms with E-state index >= 15 is 0 Å². The zero-order valence-corrected chi connectivity index (χ0v) is 13.2. The second-order valence-electron chi connectivity index (χ2n) is 5.75. The van der Waals surface area contributed by atoms with Crippen molar-refractivity contribution in [2.45, 2.75) is 18.9 Å². The molecule has 0 unspecified atom stereocenters. The van der Waals surface area contributed by atoms with Crippen LogP contribution in [-0.4, -0.2) is 35.0 Å². The first-order valence-corrected chi connectivity index (χ1v) is 7.99. The number of carbonyl (C=O) groups excluding carboxylic acids is 2. The summed E-state index contributed by atoms with van der Waals surface area (Å²) >= 11 is 0. The Morgan fingerprint density at radius 1 is 0.958 bits per heavy atom. The van der Waals surface area contributed by atoms with Crippen molar-refractivity contribution in [2.75, 3.05) is 13.1 Å². The Balaban J connectivity index is 1.86. The summed E-state index contributed by atoms with van der Waals surface area (Å²) in [7, 11) is 0. The van der Waals surface area contributed by atoms with Gasteiger partial charge in [0.2, 0.25) is 6.10 Å². The van der Waals surface area contributed by atoms with E-state index < -0.39 is 12.1 Å². The van der Waals surface area contributed by atoms with Gasteiger partial charge in [-0.3, -0.25) is 4.79 Å². The summed E-state index contributed by atoms with van der Waals surface area (Å²) in [4.78, 5) is 26.9. The number of rotatable bonds is 4. The van der Waals surface area contributed by atoms with Crippen molar-refractivity contribution in [1.29, 1.82) is 0 Å². The number of hydrogen-bond acceptors (Lipinski definition) is 4. The smallest absolute Gasteiger partial charge is 0.343 e. The summed E-state index contributed by atoms with van der Waals surface area (Å²) in [5, 5.41) is 9.82. The molecule has 0 spiro atoms. The molecule has 124 valence electrons. The summed E-state index contributed by atoms with van der Waals surface area (Å²) in [6.07, 6.45) is 0.915. The lowest BCUT2D eigenvalue weighted by molar-refractivity contribution is -0.140. The fourth-order valence-corrected chi connectivity index (χ4v) is 2.81. The molecule has 1 saturated heterocycles. The number of likely N-dealkylation sites (tertiary alicyclic amines) is 1. The van der Waals surface area contributed by atoms with E-state index in [0.717, 1.165) is 12.8 Å². The van der Waals surface area contributed by atoms with Crippen LogP contribution in [0.4, 0.5) is 0 Å². The molecular formula is C19H19NO4. The quantitative estimate of drug-likeness (QED) is 0.878. The Kier molecular flexibility index (Phi) is 4.79. The number of para-hydroxylation sites is 1. The van der Waals surface area contributed by atoms with Crippen LogP contribution in [0.3, 0.4) is 0 Å². The average molecular weight is 325 g/mol. The predicted octanol–water partition coefficient (Wildman–Crippen LogP) is 2.91. The van der Waals surface area contributed by atoms with Gasteiger partial charge in [-0.15, -0.1) is 0 Å². The fourth-order valence-electron chi connectivity index (χ4n) is 2.81. The van der Waals surface area contributed by atoms with E-state index in [1.54, 1.807) is 41.3 Å². The maximum atomic E-state index is 12.8. The number of nitrogens with zero attached hydrogens (tertiary/aromatic N) is 1. The van der Waals surface area contributed by atoms with Crippen LogP contribution in [0.15, 0.2) is 54.6 Å². The minimum atomic E-state index is -1.00. The molecule has 24 heavy (non-hydrogen) atoms. The summed E-state index contributed by atoms with van der Waals surface area (Å²) < 4.78 is 5.49. The number of benzene rings is 2. The molecule has 1 fully saturated rings. The lowest BCUT2D eigenvalue weighted by atomic mass is 10.1. The first-order chi connectivity index (χ1) is 11.7. The minimum Gasteiger partial charge on any atom is -0.507 e. The largest absolute Gasteiger partial charge is 0.507 e. The number of phenolic OH excluding ortho intramolecular Hbond substituents is 1. The number of hydrogen-bond donors (Lipinski definition) is 1. The summed E-state index contributed by atoms with van der Waals surface area (Å²) in [6, 6.07) is 15.1. The van der Waals surface area contributed by atoms with Crippen molar-refractivity contribution < 1.29 is 19.4 Å². The molecule has 5 nitrogen and oxygen atoms in total. The van der Waals surface area contributed by atoms with Crippen molar-refractivity contribution in [3.8, 4) is 5.75 Å². The van der Waals surface area contributed by atoms with Gasteiger partial charge in [-0.1, -0.05) is 42.5 Å².